The third-order valence-corrected chi connectivity index (χ3v) is 5.92. The smallest absolute Gasteiger partial charge is 0.246 e. The average Bonchev–Trinajstić information content (AvgIpc) is 3.00. The van der Waals surface area contributed by atoms with Crippen molar-refractivity contribution in [3.63, 3.8) is 0 Å². The van der Waals surface area contributed by atoms with Crippen molar-refractivity contribution in [3.05, 3.63) is 59.9 Å². The zero-order chi connectivity index (χ0) is 22.1. The summed E-state index contributed by atoms with van der Waals surface area (Å²) in [6, 6.07) is 10.1. The number of benzene rings is 2. The summed E-state index contributed by atoms with van der Waals surface area (Å²) in [6.45, 7) is 7.83. The number of aryl methyl sites for hydroxylation is 1. The van der Waals surface area contributed by atoms with Crippen LogP contribution < -0.4 is 10.2 Å². The van der Waals surface area contributed by atoms with Gasteiger partial charge in [0.2, 0.25) is 5.95 Å². The predicted molar refractivity (Wildman–Crippen MR) is 121 cm³/mol. The Hall–Kier alpha value is -3.04. The molecule has 2 saturated heterocycles. The standard InChI is InChI=1S/C23H26F2N6O.H2/c1-16-7-19(27-23-26-15-31(28-23)21-10-17(24)9-18(25)11-21)12-20(8-16)30-13-22(14-30)29-3-2-5-32-6-4-29;/h7-12,15,22H,2-6,13-14H2,1H3,(H,27,28);1H. The highest BCUT2D eigenvalue weighted by molar-refractivity contribution is 5.65. The Morgan fingerprint density at radius 1 is 1.00 bits per heavy atom. The molecule has 7 nitrogen and oxygen atoms in total. The monoisotopic (exact) mass is 442 g/mol. The fourth-order valence-electron chi connectivity index (χ4n) is 4.29. The number of ether oxygens (including phenoxy) is 1. The van der Waals surface area contributed by atoms with E-state index < -0.39 is 11.6 Å². The van der Waals surface area contributed by atoms with Crippen molar-refractivity contribution in [2.45, 2.75) is 19.4 Å². The molecular weight excluding hydrogens is 414 g/mol. The van der Waals surface area contributed by atoms with Crippen LogP contribution in [0.15, 0.2) is 42.7 Å². The lowest BCUT2D eigenvalue weighted by atomic mass is 10.0. The van der Waals surface area contributed by atoms with Crippen LogP contribution in [0.3, 0.4) is 0 Å². The van der Waals surface area contributed by atoms with E-state index in [1.165, 1.54) is 23.1 Å². The maximum Gasteiger partial charge on any atom is 0.246 e. The highest BCUT2D eigenvalue weighted by Gasteiger charge is 2.32. The maximum atomic E-state index is 13.5. The summed E-state index contributed by atoms with van der Waals surface area (Å²) < 4.78 is 33.9. The summed E-state index contributed by atoms with van der Waals surface area (Å²) in [7, 11) is 0. The molecule has 0 bridgehead atoms. The van der Waals surface area contributed by atoms with Gasteiger partial charge in [0.05, 0.1) is 12.3 Å². The van der Waals surface area contributed by atoms with E-state index in [2.05, 4.69) is 44.3 Å². The van der Waals surface area contributed by atoms with Gasteiger partial charge in [-0.25, -0.2) is 13.5 Å². The Kier molecular flexibility index (Phi) is 5.75. The molecule has 3 aromatic rings. The van der Waals surface area contributed by atoms with Gasteiger partial charge in [-0.15, -0.1) is 5.10 Å². The number of halogens is 2. The van der Waals surface area contributed by atoms with E-state index >= 15 is 0 Å². The zero-order valence-electron chi connectivity index (χ0n) is 18.0. The normalized spacial score (nSPS) is 17.8. The minimum absolute atomic E-state index is 0. The van der Waals surface area contributed by atoms with Gasteiger partial charge in [-0.3, -0.25) is 4.90 Å². The number of rotatable bonds is 5. The lowest BCUT2D eigenvalue weighted by Crippen LogP contribution is -2.60. The first kappa shape index (κ1) is 20.8. The summed E-state index contributed by atoms with van der Waals surface area (Å²) in [5.74, 6) is -0.958. The molecule has 5 rings (SSSR count). The Bertz CT molecular complexity index is 1080. The van der Waals surface area contributed by atoms with E-state index in [1.807, 2.05) is 6.07 Å². The number of hydrogen-bond donors (Lipinski definition) is 1. The van der Waals surface area contributed by atoms with Crippen LogP contribution in [0.2, 0.25) is 0 Å². The van der Waals surface area contributed by atoms with Crippen LogP contribution in [0.1, 0.15) is 13.4 Å². The first-order chi connectivity index (χ1) is 15.5. The van der Waals surface area contributed by atoms with Gasteiger partial charge in [-0.2, -0.15) is 4.98 Å². The molecule has 2 aliphatic heterocycles. The molecule has 2 aliphatic rings. The molecule has 3 heterocycles. The van der Waals surface area contributed by atoms with Crippen LogP contribution in [0, 0.1) is 18.6 Å². The van der Waals surface area contributed by atoms with Gasteiger partial charge in [0.1, 0.15) is 18.0 Å². The fourth-order valence-corrected chi connectivity index (χ4v) is 4.29. The molecule has 0 spiro atoms. The van der Waals surface area contributed by atoms with Crippen molar-refractivity contribution >= 4 is 17.3 Å². The van der Waals surface area contributed by atoms with Crippen molar-refractivity contribution in [2.75, 3.05) is 49.6 Å². The molecule has 0 amide bonds. The average molecular weight is 443 g/mol. The van der Waals surface area contributed by atoms with Crippen molar-refractivity contribution in [2.24, 2.45) is 0 Å². The largest absolute Gasteiger partial charge is 0.380 e. The third-order valence-electron chi connectivity index (χ3n) is 5.92. The van der Waals surface area contributed by atoms with Crippen molar-refractivity contribution < 1.29 is 14.9 Å². The second-order valence-electron chi connectivity index (χ2n) is 8.38. The summed E-state index contributed by atoms with van der Waals surface area (Å²) in [5.41, 5.74) is 3.43. The lowest BCUT2D eigenvalue weighted by Gasteiger charge is -2.46. The van der Waals surface area contributed by atoms with E-state index in [-0.39, 0.29) is 7.11 Å². The number of hydrogen-bond acceptors (Lipinski definition) is 6. The van der Waals surface area contributed by atoms with Gasteiger partial charge < -0.3 is 15.0 Å². The zero-order valence-corrected chi connectivity index (χ0v) is 18.0. The van der Waals surface area contributed by atoms with Crippen molar-refractivity contribution in [3.8, 4) is 5.69 Å². The SMILES string of the molecule is Cc1cc(Nc2ncn(-c3cc(F)cc(F)c3)n2)cc(N2CC(N3CCCOCC3)C2)c1.[HH]. The van der Waals surface area contributed by atoms with Crippen LogP contribution in [-0.4, -0.2) is 65.1 Å². The molecule has 0 aliphatic carbocycles. The molecule has 0 saturated carbocycles. The second-order valence-corrected chi connectivity index (χ2v) is 8.38. The van der Waals surface area contributed by atoms with Gasteiger partial charge in [0.25, 0.3) is 0 Å². The topological polar surface area (TPSA) is 58.5 Å². The molecule has 0 radical (unpaired) electrons. The number of nitrogens with one attached hydrogen (secondary N) is 1. The van der Waals surface area contributed by atoms with E-state index in [0.29, 0.717) is 12.0 Å². The van der Waals surface area contributed by atoms with Crippen molar-refractivity contribution in [1.29, 1.82) is 0 Å². The summed E-state index contributed by atoms with van der Waals surface area (Å²) in [6.07, 6.45) is 2.52. The van der Waals surface area contributed by atoms with Gasteiger partial charge in [-0.1, -0.05) is 0 Å². The molecule has 2 fully saturated rings. The Morgan fingerprint density at radius 3 is 2.62 bits per heavy atom. The van der Waals surface area contributed by atoms with Gasteiger partial charge in [0.15, 0.2) is 0 Å². The van der Waals surface area contributed by atoms with E-state index in [4.69, 9.17) is 4.74 Å². The highest BCUT2D eigenvalue weighted by atomic mass is 19.1. The fraction of sp³-hybridized carbons (Fsp3) is 0.391. The molecule has 170 valence electrons. The number of aromatic nitrogens is 3. The van der Waals surface area contributed by atoms with Gasteiger partial charge in [-0.05, 0) is 49.2 Å². The van der Waals surface area contributed by atoms with Crippen molar-refractivity contribution in [1.82, 2.24) is 19.7 Å². The first-order valence-corrected chi connectivity index (χ1v) is 10.9. The number of nitrogens with zero attached hydrogens (tertiary/aromatic N) is 5. The quantitative estimate of drug-likeness (QED) is 0.650. The number of anilines is 3. The minimum Gasteiger partial charge on any atom is -0.380 e. The van der Waals surface area contributed by atoms with Crippen LogP contribution in [-0.2, 0) is 4.74 Å². The molecule has 0 unspecified atom stereocenters. The van der Waals surface area contributed by atoms with Gasteiger partial charge >= 0.3 is 0 Å². The molecule has 32 heavy (non-hydrogen) atoms. The summed E-state index contributed by atoms with van der Waals surface area (Å²) in [5, 5.41) is 7.51. The van der Waals surface area contributed by atoms with Gasteiger partial charge in [0, 0.05) is 57.7 Å². The predicted octanol–water partition coefficient (Wildman–Crippen LogP) is 3.75. The molecule has 1 N–H and O–H groups in total. The first-order valence-electron chi connectivity index (χ1n) is 10.9. The molecule has 9 heteroatoms. The Labute approximate surface area is 187 Å². The Balaban J connectivity index is 0.00000259. The van der Waals surface area contributed by atoms with E-state index in [0.717, 1.165) is 68.8 Å². The van der Waals surface area contributed by atoms with Crippen LogP contribution >= 0.6 is 0 Å². The summed E-state index contributed by atoms with van der Waals surface area (Å²) >= 11 is 0. The molecule has 0 atom stereocenters. The molecular formula is C23H28F2N6O. The van der Waals surface area contributed by atoms with Crippen LogP contribution in [0.25, 0.3) is 5.69 Å². The highest BCUT2D eigenvalue weighted by Crippen LogP contribution is 2.29. The molecule has 1 aromatic heterocycles. The molecule has 2 aromatic carbocycles. The summed E-state index contributed by atoms with van der Waals surface area (Å²) in [4.78, 5) is 9.13. The lowest BCUT2D eigenvalue weighted by molar-refractivity contribution is 0.124. The van der Waals surface area contributed by atoms with E-state index in [1.54, 1.807) is 0 Å². The van der Waals surface area contributed by atoms with Crippen LogP contribution in [0.4, 0.5) is 26.1 Å². The maximum absolute atomic E-state index is 13.5. The van der Waals surface area contributed by atoms with Crippen LogP contribution in [0.5, 0.6) is 0 Å². The second kappa shape index (κ2) is 8.84. The minimum atomic E-state index is -0.658. The third kappa shape index (κ3) is 4.58. The van der Waals surface area contributed by atoms with E-state index in [9.17, 15) is 8.78 Å². The Morgan fingerprint density at radius 2 is 1.81 bits per heavy atom.